The summed E-state index contributed by atoms with van der Waals surface area (Å²) in [6.07, 6.45) is 6.90. The Hall–Kier alpha value is -2.86. The number of para-hydroxylation sites is 1. The van der Waals surface area contributed by atoms with Crippen LogP contribution in [0, 0.1) is 18.3 Å². The van der Waals surface area contributed by atoms with Crippen LogP contribution < -0.4 is 5.32 Å². The summed E-state index contributed by atoms with van der Waals surface area (Å²) >= 11 is 0. The molecule has 2 aromatic carbocycles. The highest BCUT2D eigenvalue weighted by atomic mass is 16.2. The van der Waals surface area contributed by atoms with Crippen LogP contribution in [0.1, 0.15) is 29.6 Å². The Morgan fingerprint density at radius 2 is 1.61 bits per heavy atom. The van der Waals surface area contributed by atoms with Crippen molar-refractivity contribution in [2.24, 2.45) is 5.92 Å². The van der Waals surface area contributed by atoms with Gasteiger partial charge in [-0.05, 0) is 25.0 Å². The van der Waals surface area contributed by atoms with E-state index in [9.17, 15) is 9.59 Å². The molecule has 0 radical (unpaired) electrons. The summed E-state index contributed by atoms with van der Waals surface area (Å²) in [5, 5.41) is 2.81. The number of Topliss-reactive ketones (excluding diaryl/α,β-unsaturated/α-hetero) is 1. The van der Waals surface area contributed by atoms with Crippen LogP contribution in [0.5, 0.6) is 0 Å². The van der Waals surface area contributed by atoms with Gasteiger partial charge in [0.1, 0.15) is 5.92 Å². The third kappa shape index (κ3) is 4.82. The van der Waals surface area contributed by atoms with Gasteiger partial charge < -0.3 is 5.32 Å². The minimum atomic E-state index is -0.731. The number of carbonyl (C=O) groups excluding carboxylic acids is 2. The monoisotopic (exact) mass is 305 g/mol. The molecule has 0 aliphatic heterocycles. The maximum atomic E-state index is 12.7. The molecule has 2 rings (SSSR count). The Bertz CT molecular complexity index is 687. The van der Waals surface area contributed by atoms with Crippen LogP contribution in [0.25, 0.3) is 0 Å². The number of rotatable bonds is 7. The number of amides is 1. The van der Waals surface area contributed by atoms with Crippen molar-refractivity contribution in [1.82, 2.24) is 0 Å². The first-order valence-corrected chi connectivity index (χ1v) is 7.61. The molecule has 0 bridgehead atoms. The summed E-state index contributed by atoms with van der Waals surface area (Å²) in [7, 11) is 0. The Morgan fingerprint density at radius 3 is 2.22 bits per heavy atom. The minimum Gasteiger partial charge on any atom is -0.325 e. The van der Waals surface area contributed by atoms with E-state index in [-0.39, 0.29) is 11.7 Å². The summed E-state index contributed by atoms with van der Waals surface area (Å²) < 4.78 is 0. The molecule has 0 aliphatic carbocycles. The molecular weight excluding hydrogens is 286 g/mol. The smallest absolute Gasteiger partial charge is 0.235 e. The number of carbonyl (C=O) groups is 2. The van der Waals surface area contributed by atoms with E-state index in [1.54, 1.807) is 36.4 Å². The molecule has 0 aliphatic rings. The van der Waals surface area contributed by atoms with E-state index in [2.05, 4.69) is 11.2 Å². The first-order valence-electron chi connectivity index (χ1n) is 7.61. The minimum absolute atomic E-state index is 0.170. The van der Waals surface area contributed by atoms with Crippen LogP contribution in [0.3, 0.4) is 0 Å². The number of unbranched alkanes of at least 4 members (excludes halogenated alkanes) is 1. The SMILES string of the molecule is C#CCCCC(C(=O)Nc1ccccc1)C(=O)c1ccccc1. The number of hydrogen-bond donors (Lipinski definition) is 1. The van der Waals surface area contributed by atoms with Crippen LogP contribution in [-0.4, -0.2) is 11.7 Å². The molecule has 1 atom stereocenters. The predicted octanol–water partition coefficient (Wildman–Crippen LogP) is 3.93. The molecule has 0 spiro atoms. The van der Waals surface area contributed by atoms with E-state index in [1.807, 2.05) is 24.3 Å². The third-order valence-corrected chi connectivity index (χ3v) is 3.55. The lowest BCUT2D eigenvalue weighted by Gasteiger charge is -2.15. The zero-order valence-corrected chi connectivity index (χ0v) is 12.9. The molecule has 0 fully saturated rings. The molecule has 3 heteroatoms. The molecule has 0 aromatic heterocycles. The van der Waals surface area contributed by atoms with Crippen LogP contribution in [0.2, 0.25) is 0 Å². The van der Waals surface area contributed by atoms with Crippen molar-refractivity contribution in [3.8, 4) is 12.3 Å². The van der Waals surface area contributed by atoms with Gasteiger partial charge in [-0.2, -0.15) is 0 Å². The van der Waals surface area contributed by atoms with Crippen molar-refractivity contribution in [2.45, 2.75) is 19.3 Å². The van der Waals surface area contributed by atoms with Gasteiger partial charge in [-0.1, -0.05) is 48.5 Å². The molecule has 0 saturated carbocycles. The maximum absolute atomic E-state index is 12.7. The largest absolute Gasteiger partial charge is 0.325 e. The fourth-order valence-electron chi connectivity index (χ4n) is 2.34. The lowest BCUT2D eigenvalue weighted by molar-refractivity contribution is -0.118. The van der Waals surface area contributed by atoms with E-state index in [0.29, 0.717) is 30.5 Å². The molecule has 2 aromatic rings. The normalized spacial score (nSPS) is 11.3. The highest BCUT2D eigenvalue weighted by Crippen LogP contribution is 2.18. The second-order valence-electron chi connectivity index (χ2n) is 5.23. The van der Waals surface area contributed by atoms with Gasteiger partial charge in [0.05, 0.1) is 0 Å². The van der Waals surface area contributed by atoms with E-state index in [1.165, 1.54) is 0 Å². The second-order valence-corrected chi connectivity index (χ2v) is 5.23. The first kappa shape index (κ1) is 16.5. The Balaban J connectivity index is 2.14. The molecular formula is C20H19NO2. The summed E-state index contributed by atoms with van der Waals surface area (Å²) in [6, 6.07) is 18.0. The van der Waals surface area contributed by atoms with Gasteiger partial charge in [-0.15, -0.1) is 12.3 Å². The molecule has 23 heavy (non-hydrogen) atoms. The van der Waals surface area contributed by atoms with Crippen molar-refractivity contribution >= 4 is 17.4 Å². The van der Waals surface area contributed by atoms with Crippen molar-refractivity contribution in [3.63, 3.8) is 0 Å². The van der Waals surface area contributed by atoms with Gasteiger partial charge in [-0.3, -0.25) is 9.59 Å². The van der Waals surface area contributed by atoms with Gasteiger partial charge in [0.15, 0.2) is 5.78 Å². The first-order chi connectivity index (χ1) is 11.2. The van der Waals surface area contributed by atoms with Crippen LogP contribution in [0.4, 0.5) is 5.69 Å². The Labute approximate surface area is 136 Å². The standard InChI is InChI=1S/C20H19NO2/c1-2-3-6-15-18(19(22)16-11-7-4-8-12-16)20(23)21-17-13-9-5-10-14-17/h1,4-5,7-14,18H,3,6,15H2,(H,21,23). The Kier molecular flexibility index (Phi) is 6.14. The summed E-state index contributed by atoms with van der Waals surface area (Å²) in [5.41, 5.74) is 1.22. The summed E-state index contributed by atoms with van der Waals surface area (Å²) in [4.78, 5) is 25.2. The lowest BCUT2D eigenvalue weighted by Crippen LogP contribution is -2.30. The van der Waals surface area contributed by atoms with Crippen LogP contribution in [0.15, 0.2) is 60.7 Å². The van der Waals surface area contributed by atoms with Crippen molar-refractivity contribution in [1.29, 1.82) is 0 Å². The van der Waals surface area contributed by atoms with Gasteiger partial charge in [-0.25, -0.2) is 0 Å². The average Bonchev–Trinajstić information content (AvgIpc) is 2.60. The number of ketones is 1. The zero-order chi connectivity index (χ0) is 16.5. The van der Waals surface area contributed by atoms with Crippen LogP contribution >= 0.6 is 0 Å². The van der Waals surface area contributed by atoms with Gasteiger partial charge in [0, 0.05) is 17.7 Å². The number of terminal acetylenes is 1. The fourth-order valence-corrected chi connectivity index (χ4v) is 2.34. The van der Waals surface area contributed by atoms with Gasteiger partial charge in [0.25, 0.3) is 0 Å². The number of benzene rings is 2. The highest BCUT2D eigenvalue weighted by Gasteiger charge is 2.27. The van der Waals surface area contributed by atoms with Gasteiger partial charge >= 0.3 is 0 Å². The third-order valence-electron chi connectivity index (χ3n) is 3.55. The molecule has 0 saturated heterocycles. The Morgan fingerprint density at radius 1 is 1.00 bits per heavy atom. The molecule has 3 nitrogen and oxygen atoms in total. The quantitative estimate of drug-likeness (QED) is 0.365. The van der Waals surface area contributed by atoms with Crippen molar-refractivity contribution in [2.75, 3.05) is 5.32 Å². The summed E-state index contributed by atoms with van der Waals surface area (Å²) in [6.45, 7) is 0. The molecule has 1 amide bonds. The van der Waals surface area contributed by atoms with Crippen LogP contribution in [-0.2, 0) is 4.79 Å². The van der Waals surface area contributed by atoms with Crippen molar-refractivity contribution < 1.29 is 9.59 Å². The molecule has 116 valence electrons. The second kappa shape index (κ2) is 8.55. The lowest BCUT2D eigenvalue weighted by atomic mass is 9.91. The number of anilines is 1. The zero-order valence-electron chi connectivity index (χ0n) is 12.9. The van der Waals surface area contributed by atoms with E-state index in [4.69, 9.17) is 6.42 Å². The van der Waals surface area contributed by atoms with E-state index >= 15 is 0 Å². The fraction of sp³-hybridized carbons (Fsp3) is 0.200. The highest BCUT2D eigenvalue weighted by molar-refractivity contribution is 6.13. The van der Waals surface area contributed by atoms with E-state index in [0.717, 1.165) is 0 Å². The number of hydrogen-bond acceptors (Lipinski definition) is 2. The topological polar surface area (TPSA) is 46.2 Å². The maximum Gasteiger partial charge on any atom is 0.235 e. The molecule has 1 unspecified atom stereocenters. The molecule has 1 N–H and O–H groups in total. The predicted molar refractivity (Wildman–Crippen MR) is 92.0 cm³/mol. The van der Waals surface area contributed by atoms with Crippen molar-refractivity contribution in [3.05, 3.63) is 66.2 Å². The average molecular weight is 305 g/mol. The summed E-state index contributed by atoms with van der Waals surface area (Å²) in [5.74, 6) is 1.36. The number of nitrogens with one attached hydrogen (secondary N) is 1. The molecule has 0 heterocycles. The van der Waals surface area contributed by atoms with Gasteiger partial charge in [0.2, 0.25) is 5.91 Å². The van der Waals surface area contributed by atoms with E-state index < -0.39 is 5.92 Å².